The summed E-state index contributed by atoms with van der Waals surface area (Å²) in [6, 6.07) is 5.31. The van der Waals surface area contributed by atoms with Crippen LogP contribution in [0.25, 0.3) is 0 Å². The zero-order chi connectivity index (χ0) is 17.7. The first-order valence-corrected chi connectivity index (χ1v) is 9.85. The molecule has 7 heteroatoms. The summed E-state index contributed by atoms with van der Waals surface area (Å²) < 4.78 is 40.1. The van der Waals surface area contributed by atoms with Gasteiger partial charge in [-0.15, -0.1) is 0 Å². The highest BCUT2D eigenvalue weighted by Gasteiger charge is 2.31. The van der Waals surface area contributed by atoms with E-state index in [0.717, 1.165) is 32.4 Å². The summed E-state index contributed by atoms with van der Waals surface area (Å²) in [6.45, 7) is 3.00. The van der Waals surface area contributed by atoms with E-state index in [1.54, 1.807) is 0 Å². The van der Waals surface area contributed by atoms with Crippen molar-refractivity contribution >= 4 is 10.0 Å². The van der Waals surface area contributed by atoms with E-state index in [4.69, 9.17) is 0 Å². The summed E-state index contributed by atoms with van der Waals surface area (Å²) >= 11 is 0. The molecule has 1 saturated heterocycles. The number of sulfonamides is 1. The lowest BCUT2D eigenvalue weighted by molar-refractivity contribution is 0.158. The number of rotatable bonds is 7. The molecule has 0 aliphatic carbocycles. The van der Waals surface area contributed by atoms with Crippen molar-refractivity contribution < 1.29 is 12.8 Å². The molecule has 0 aromatic heterocycles. The van der Waals surface area contributed by atoms with Crippen LogP contribution in [0, 0.1) is 5.82 Å². The van der Waals surface area contributed by atoms with Crippen LogP contribution >= 0.6 is 0 Å². The fourth-order valence-corrected chi connectivity index (χ4v) is 4.59. The van der Waals surface area contributed by atoms with Crippen molar-refractivity contribution in [2.45, 2.75) is 30.2 Å². The van der Waals surface area contributed by atoms with Gasteiger partial charge < -0.3 is 9.80 Å². The summed E-state index contributed by atoms with van der Waals surface area (Å²) in [7, 11) is 2.62. The molecule has 0 bridgehead atoms. The van der Waals surface area contributed by atoms with Crippen LogP contribution in [0.5, 0.6) is 0 Å². The first-order valence-electron chi connectivity index (χ1n) is 8.41. The highest BCUT2D eigenvalue weighted by molar-refractivity contribution is 7.89. The molecule has 0 spiro atoms. The SMILES string of the molecule is CN(C)CCCN(C)C1CCCN(S(=O)(=O)c2ccc(F)cc2)C1. The Morgan fingerprint density at radius 1 is 1.17 bits per heavy atom. The third kappa shape index (κ3) is 4.99. The van der Waals surface area contributed by atoms with E-state index in [-0.39, 0.29) is 10.9 Å². The van der Waals surface area contributed by atoms with Crippen LogP contribution < -0.4 is 0 Å². The number of hydrogen-bond donors (Lipinski definition) is 0. The molecule has 0 radical (unpaired) electrons. The predicted molar refractivity (Wildman–Crippen MR) is 94.0 cm³/mol. The molecule has 1 atom stereocenters. The Bertz CT molecular complexity index is 619. The maximum absolute atomic E-state index is 13.0. The molecule has 5 nitrogen and oxygen atoms in total. The molecule has 1 aliphatic heterocycles. The van der Waals surface area contributed by atoms with Gasteiger partial charge in [-0.1, -0.05) is 0 Å². The molecular formula is C17H28FN3O2S. The topological polar surface area (TPSA) is 43.9 Å². The summed E-state index contributed by atoms with van der Waals surface area (Å²) in [5, 5.41) is 0. The number of halogens is 1. The van der Waals surface area contributed by atoms with E-state index in [9.17, 15) is 12.8 Å². The summed E-state index contributed by atoms with van der Waals surface area (Å²) in [5.74, 6) is -0.425. The van der Waals surface area contributed by atoms with Crippen molar-refractivity contribution in [3.63, 3.8) is 0 Å². The number of nitrogens with zero attached hydrogens (tertiary/aromatic N) is 3. The smallest absolute Gasteiger partial charge is 0.243 e. The highest BCUT2D eigenvalue weighted by Crippen LogP contribution is 2.23. The largest absolute Gasteiger partial charge is 0.309 e. The van der Waals surface area contributed by atoms with Crippen LogP contribution in [0.4, 0.5) is 4.39 Å². The Hall–Kier alpha value is -1.02. The fraction of sp³-hybridized carbons (Fsp3) is 0.647. The predicted octanol–water partition coefficient (Wildman–Crippen LogP) is 1.86. The van der Waals surface area contributed by atoms with Gasteiger partial charge in [0.15, 0.2) is 0 Å². The molecule has 1 heterocycles. The van der Waals surface area contributed by atoms with Gasteiger partial charge in [0.25, 0.3) is 0 Å². The van der Waals surface area contributed by atoms with Gasteiger partial charge in [0.2, 0.25) is 10.0 Å². The van der Waals surface area contributed by atoms with E-state index in [1.165, 1.54) is 28.6 Å². The lowest BCUT2D eigenvalue weighted by atomic mass is 10.1. The molecule has 1 aromatic rings. The van der Waals surface area contributed by atoms with Crippen molar-refractivity contribution in [2.24, 2.45) is 0 Å². The van der Waals surface area contributed by atoms with Gasteiger partial charge in [0.05, 0.1) is 4.90 Å². The first kappa shape index (κ1) is 19.3. The van der Waals surface area contributed by atoms with Gasteiger partial charge in [-0.3, -0.25) is 0 Å². The Morgan fingerprint density at radius 3 is 2.46 bits per heavy atom. The van der Waals surface area contributed by atoms with Crippen molar-refractivity contribution in [1.82, 2.24) is 14.1 Å². The van der Waals surface area contributed by atoms with E-state index >= 15 is 0 Å². The summed E-state index contributed by atoms with van der Waals surface area (Å²) in [5.41, 5.74) is 0. The molecular weight excluding hydrogens is 329 g/mol. The van der Waals surface area contributed by atoms with Crippen LogP contribution in [-0.2, 0) is 10.0 Å². The van der Waals surface area contributed by atoms with Crippen molar-refractivity contribution in [3.8, 4) is 0 Å². The Morgan fingerprint density at radius 2 is 1.83 bits per heavy atom. The van der Waals surface area contributed by atoms with Crippen molar-refractivity contribution in [3.05, 3.63) is 30.1 Å². The van der Waals surface area contributed by atoms with Gasteiger partial charge in [-0.05, 0) is 77.8 Å². The molecule has 2 rings (SSSR count). The van der Waals surface area contributed by atoms with Crippen LogP contribution in [0.1, 0.15) is 19.3 Å². The summed E-state index contributed by atoms with van der Waals surface area (Å²) in [4.78, 5) is 4.58. The van der Waals surface area contributed by atoms with Crippen LogP contribution in [0.2, 0.25) is 0 Å². The highest BCUT2D eigenvalue weighted by atomic mass is 32.2. The van der Waals surface area contributed by atoms with E-state index < -0.39 is 15.8 Å². The normalized spacial score (nSPS) is 20.0. The molecule has 1 unspecified atom stereocenters. The molecule has 1 aliphatic rings. The average Bonchev–Trinajstić information content (AvgIpc) is 2.55. The molecule has 136 valence electrons. The second kappa shape index (κ2) is 8.38. The maximum atomic E-state index is 13.0. The quantitative estimate of drug-likeness (QED) is 0.747. The Balaban J connectivity index is 2.00. The average molecular weight is 357 g/mol. The second-order valence-electron chi connectivity index (χ2n) is 6.75. The zero-order valence-electron chi connectivity index (χ0n) is 14.8. The monoisotopic (exact) mass is 357 g/mol. The van der Waals surface area contributed by atoms with Gasteiger partial charge in [-0.25, -0.2) is 12.8 Å². The van der Waals surface area contributed by atoms with E-state index in [0.29, 0.717) is 13.1 Å². The minimum absolute atomic E-state index is 0.166. The van der Waals surface area contributed by atoms with Crippen molar-refractivity contribution in [1.29, 1.82) is 0 Å². The number of likely N-dealkylation sites (N-methyl/N-ethyl adjacent to an activating group) is 1. The van der Waals surface area contributed by atoms with Crippen LogP contribution in [0.15, 0.2) is 29.2 Å². The second-order valence-corrected chi connectivity index (χ2v) is 8.69. The fourth-order valence-electron chi connectivity index (χ4n) is 3.07. The minimum atomic E-state index is -3.55. The first-order chi connectivity index (χ1) is 11.3. The zero-order valence-corrected chi connectivity index (χ0v) is 15.6. The summed E-state index contributed by atoms with van der Waals surface area (Å²) in [6.07, 6.45) is 2.92. The maximum Gasteiger partial charge on any atom is 0.243 e. The molecule has 1 fully saturated rings. The van der Waals surface area contributed by atoms with Crippen LogP contribution in [-0.4, -0.2) is 75.9 Å². The lowest BCUT2D eigenvalue weighted by Crippen LogP contribution is -2.48. The van der Waals surface area contributed by atoms with Gasteiger partial charge in [-0.2, -0.15) is 4.31 Å². The number of benzene rings is 1. The van der Waals surface area contributed by atoms with Crippen molar-refractivity contribution in [2.75, 3.05) is 47.3 Å². The Labute approximate surface area is 145 Å². The molecule has 0 amide bonds. The molecule has 24 heavy (non-hydrogen) atoms. The van der Waals surface area contributed by atoms with E-state index in [2.05, 4.69) is 30.9 Å². The van der Waals surface area contributed by atoms with Gasteiger partial charge >= 0.3 is 0 Å². The Kier molecular flexibility index (Phi) is 6.74. The van der Waals surface area contributed by atoms with E-state index in [1.807, 2.05) is 0 Å². The molecule has 1 aromatic carbocycles. The van der Waals surface area contributed by atoms with Gasteiger partial charge in [0.1, 0.15) is 5.82 Å². The standard InChI is InChI=1S/C17H28FN3O2S/c1-19(2)11-5-12-20(3)16-6-4-13-21(14-16)24(22,23)17-9-7-15(18)8-10-17/h7-10,16H,4-6,11-14H2,1-3H3. The van der Waals surface area contributed by atoms with Gasteiger partial charge in [0, 0.05) is 19.1 Å². The minimum Gasteiger partial charge on any atom is -0.309 e. The molecule has 0 saturated carbocycles. The third-order valence-electron chi connectivity index (χ3n) is 4.55. The van der Waals surface area contributed by atoms with Crippen LogP contribution in [0.3, 0.4) is 0 Å². The lowest BCUT2D eigenvalue weighted by Gasteiger charge is -2.37. The number of piperidine rings is 1. The third-order valence-corrected chi connectivity index (χ3v) is 6.43. The number of hydrogen-bond acceptors (Lipinski definition) is 4. The molecule has 0 N–H and O–H groups in total.